The topological polar surface area (TPSA) is 117 Å². The van der Waals surface area contributed by atoms with Gasteiger partial charge in [-0.1, -0.05) is 0 Å². The number of nitrogens with one attached hydrogen (secondary N) is 2. The van der Waals surface area contributed by atoms with Gasteiger partial charge in [0, 0.05) is 45.0 Å². The molecule has 27 heavy (non-hydrogen) atoms. The van der Waals surface area contributed by atoms with Crippen molar-refractivity contribution in [1.29, 1.82) is 0 Å². The number of aromatic nitrogens is 2. The average molecular weight is 396 g/mol. The number of fused-ring (bicyclic) bond motifs is 1. The lowest BCUT2D eigenvalue weighted by molar-refractivity contribution is 0.0746. The zero-order chi connectivity index (χ0) is 18.9. The minimum Gasteiger partial charge on any atom is -0.449 e. The molecule has 0 aromatic carbocycles. The molecule has 1 aromatic rings. The highest BCUT2D eigenvalue weighted by molar-refractivity contribution is 7.91. The number of hydrogen-bond donors (Lipinski definition) is 2. The first kappa shape index (κ1) is 18.2. The lowest BCUT2D eigenvalue weighted by Gasteiger charge is -2.38. The monoisotopic (exact) mass is 396 g/mol. The van der Waals surface area contributed by atoms with Crippen LogP contribution in [0.3, 0.4) is 0 Å². The summed E-state index contributed by atoms with van der Waals surface area (Å²) >= 11 is 0. The third kappa shape index (κ3) is 4.08. The average Bonchev–Trinajstić information content (AvgIpc) is 2.97. The summed E-state index contributed by atoms with van der Waals surface area (Å²) in [7, 11) is -3.02. The molecule has 3 aliphatic heterocycles. The molecule has 1 amide bonds. The maximum atomic E-state index is 12.0. The van der Waals surface area contributed by atoms with Crippen LogP contribution >= 0.6 is 0 Å². The Morgan fingerprint density at radius 1 is 1.33 bits per heavy atom. The van der Waals surface area contributed by atoms with E-state index in [1.54, 1.807) is 17.2 Å². The minimum atomic E-state index is -3.02. The van der Waals surface area contributed by atoms with Crippen LogP contribution < -0.4 is 15.5 Å². The first-order valence-corrected chi connectivity index (χ1v) is 11.0. The van der Waals surface area contributed by atoms with Crippen LogP contribution in [0.25, 0.3) is 0 Å². The van der Waals surface area contributed by atoms with Gasteiger partial charge in [-0.25, -0.2) is 18.2 Å². The summed E-state index contributed by atoms with van der Waals surface area (Å²) in [6.07, 6.45) is 2.22. The van der Waals surface area contributed by atoms with Crippen molar-refractivity contribution in [1.82, 2.24) is 20.2 Å². The molecule has 2 atom stereocenters. The van der Waals surface area contributed by atoms with E-state index in [1.165, 1.54) is 0 Å². The summed E-state index contributed by atoms with van der Waals surface area (Å²) in [5.41, 5.74) is 0. The Balaban J connectivity index is 1.39. The predicted molar refractivity (Wildman–Crippen MR) is 99.6 cm³/mol. The van der Waals surface area contributed by atoms with Crippen LogP contribution in [0.1, 0.15) is 6.42 Å². The number of nitrogens with zero attached hydrogens (tertiary/aromatic N) is 4. The van der Waals surface area contributed by atoms with E-state index < -0.39 is 9.84 Å². The fourth-order valence-corrected chi connectivity index (χ4v) is 5.81. The van der Waals surface area contributed by atoms with Crippen molar-refractivity contribution in [2.75, 3.05) is 61.1 Å². The Labute approximate surface area is 158 Å². The predicted octanol–water partition coefficient (Wildman–Crippen LogP) is -0.694. The highest BCUT2D eigenvalue weighted by Crippen LogP contribution is 2.25. The molecule has 1 aromatic heterocycles. The number of ether oxygens (including phenoxy) is 1. The largest absolute Gasteiger partial charge is 0.449 e. The molecule has 2 unspecified atom stereocenters. The standard InChI is InChI=1S/C16H24N6O4S/c23-16-21(6-1-9-26-16)7-4-19-15-18-3-2-14(20-15)22-8-5-17-12-10-27(24,25)11-13(12)22/h2-3,12-13,17H,1,4-11H2,(H,18,19,20). The summed E-state index contributed by atoms with van der Waals surface area (Å²) in [5, 5.41) is 6.43. The highest BCUT2D eigenvalue weighted by atomic mass is 32.2. The summed E-state index contributed by atoms with van der Waals surface area (Å²) in [5.74, 6) is 1.51. The highest BCUT2D eigenvalue weighted by Gasteiger charge is 2.43. The molecule has 10 nitrogen and oxygen atoms in total. The summed E-state index contributed by atoms with van der Waals surface area (Å²) in [6, 6.07) is 1.65. The van der Waals surface area contributed by atoms with Gasteiger partial charge in [-0.05, 0) is 12.5 Å². The van der Waals surface area contributed by atoms with E-state index in [1.807, 2.05) is 0 Å². The van der Waals surface area contributed by atoms with E-state index in [9.17, 15) is 13.2 Å². The second-order valence-corrected chi connectivity index (χ2v) is 9.17. The molecule has 3 saturated heterocycles. The van der Waals surface area contributed by atoms with E-state index in [-0.39, 0.29) is 29.7 Å². The van der Waals surface area contributed by atoms with E-state index in [2.05, 4.69) is 25.5 Å². The zero-order valence-corrected chi connectivity index (χ0v) is 15.8. The smallest absolute Gasteiger partial charge is 0.409 e. The molecule has 0 spiro atoms. The SMILES string of the molecule is O=C1OCCCN1CCNc1nccc(N2CCNC3CS(=O)(=O)CC32)n1. The molecule has 3 aliphatic rings. The number of carbonyl (C=O) groups excluding carboxylic acids is 1. The first-order chi connectivity index (χ1) is 13.0. The van der Waals surface area contributed by atoms with Crippen LogP contribution in [0.5, 0.6) is 0 Å². The van der Waals surface area contributed by atoms with Crippen molar-refractivity contribution < 1.29 is 17.9 Å². The maximum Gasteiger partial charge on any atom is 0.409 e. The Hall–Kier alpha value is -2.14. The minimum absolute atomic E-state index is 0.0553. The molecule has 0 bridgehead atoms. The van der Waals surface area contributed by atoms with Crippen LogP contribution in [0.15, 0.2) is 12.3 Å². The quantitative estimate of drug-likeness (QED) is 0.667. The van der Waals surface area contributed by atoms with Gasteiger partial charge in [0.1, 0.15) is 5.82 Å². The molecule has 0 aliphatic carbocycles. The second-order valence-electron chi connectivity index (χ2n) is 7.02. The van der Waals surface area contributed by atoms with E-state index >= 15 is 0 Å². The fraction of sp³-hybridized carbons (Fsp3) is 0.688. The summed E-state index contributed by atoms with van der Waals surface area (Å²) in [4.78, 5) is 24.1. The molecule has 4 heterocycles. The van der Waals surface area contributed by atoms with Crippen molar-refractivity contribution >= 4 is 27.7 Å². The van der Waals surface area contributed by atoms with Crippen molar-refractivity contribution in [3.63, 3.8) is 0 Å². The van der Waals surface area contributed by atoms with Gasteiger partial charge in [-0.3, -0.25) is 0 Å². The number of hydrogen-bond acceptors (Lipinski definition) is 9. The van der Waals surface area contributed by atoms with Crippen LogP contribution in [0.2, 0.25) is 0 Å². The molecule has 4 rings (SSSR count). The second kappa shape index (κ2) is 7.47. The van der Waals surface area contributed by atoms with Gasteiger partial charge in [0.05, 0.1) is 24.2 Å². The summed E-state index contributed by atoms with van der Waals surface area (Å²) in [6.45, 7) is 3.63. The lowest BCUT2D eigenvalue weighted by Crippen LogP contribution is -2.57. The number of sulfone groups is 1. The van der Waals surface area contributed by atoms with Gasteiger partial charge in [-0.2, -0.15) is 4.98 Å². The van der Waals surface area contributed by atoms with Gasteiger partial charge >= 0.3 is 6.09 Å². The number of carbonyl (C=O) groups is 1. The lowest BCUT2D eigenvalue weighted by atomic mass is 10.1. The first-order valence-electron chi connectivity index (χ1n) is 9.21. The number of rotatable bonds is 5. The number of cyclic esters (lactones) is 1. The van der Waals surface area contributed by atoms with Crippen molar-refractivity contribution in [2.45, 2.75) is 18.5 Å². The van der Waals surface area contributed by atoms with Crippen LogP contribution in [-0.4, -0.2) is 92.3 Å². The van der Waals surface area contributed by atoms with Crippen LogP contribution in [-0.2, 0) is 14.6 Å². The van der Waals surface area contributed by atoms with E-state index in [4.69, 9.17) is 4.74 Å². The molecule has 0 saturated carbocycles. The molecule has 11 heteroatoms. The van der Waals surface area contributed by atoms with Crippen LogP contribution in [0, 0.1) is 0 Å². The normalized spacial score (nSPS) is 27.2. The molecule has 148 valence electrons. The number of amides is 1. The number of anilines is 2. The summed E-state index contributed by atoms with van der Waals surface area (Å²) < 4.78 is 29.0. The Morgan fingerprint density at radius 2 is 2.22 bits per heavy atom. The maximum absolute atomic E-state index is 12.0. The Kier molecular flexibility index (Phi) is 5.04. The van der Waals surface area contributed by atoms with E-state index in [0.717, 1.165) is 18.8 Å². The zero-order valence-electron chi connectivity index (χ0n) is 15.0. The number of piperazine rings is 1. The van der Waals surface area contributed by atoms with Crippen molar-refractivity contribution in [2.24, 2.45) is 0 Å². The third-order valence-corrected chi connectivity index (χ3v) is 6.85. The van der Waals surface area contributed by atoms with E-state index in [0.29, 0.717) is 38.7 Å². The third-order valence-electron chi connectivity index (χ3n) is 5.14. The van der Waals surface area contributed by atoms with Gasteiger partial charge in [-0.15, -0.1) is 0 Å². The molecular formula is C16H24N6O4S. The van der Waals surface area contributed by atoms with Crippen LogP contribution in [0.4, 0.5) is 16.6 Å². The van der Waals surface area contributed by atoms with Gasteiger partial charge in [0.15, 0.2) is 9.84 Å². The van der Waals surface area contributed by atoms with Gasteiger partial charge in [0.2, 0.25) is 5.95 Å². The fourth-order valence-electron chi connectivity index (χ4n) is 3.85. The van der Waals surface area contributed by atoms with Gasteiger partial charge in [0.25, 0.3) is 0 Å². The molecule has 2 N–H and O–H groups in total. The Morgan fingerprint density at radius 3 is 3.07 bits per heavy atom. The van der Waals surface area contributed by atoms with Gasteiger partial charge < -0.3 is 25.2 Å². The van der Waals surface area contributed by atoms with Crippen molar-refractivity contribution in [3.8, 4) is 0 Å². The molecule has 0 radical (unpaired) electrons. The Bertz CT molecular complexity index is 804. The molecule has 3 fully saturated rings. The molecular weight excluding hydrogens is 372 g/mol. The van der Waals surface area contributed by atoms with Crippen molar-refractivity contribution in [3.05, 3.63) is 12.3 Å².